The molecule has 1 amide bonds. The molecule has 2 aromatic rings. The van der Waals surface area contributed by atoms with Crippen molar-refractivity contribution in [1.29, 1.82) is 0 Å². The molecule has 34 heavy (non-hydrogen) atoms. The van der Waals surface area contributed by atoms with Crippen LogP contribution in [0.1, 0.15) is 51.9 Å². The summed E-state index contributed by atoms with van der Waals surface area (Å²) in [7, 11) is 0. The molecule has 4 N–H and O–H groups in total. The molecule has 0 spiro atoms. The Morgan fingerprint density at radius 1 is 1.18 bits per heavy atom. The minimum Gasteiger partial charge on any atom is -0.383 e. The number of nitrogens with one attached hydrogen (secondary N) is 2. The van der Waals surface area contributed by atoms with Crippen molar-refractivity contribution in [2.75, 3.05) is 35.6 Å². The van der Waals surface area contributed by atoms with E-state index in [0.29, 0.717) is 6.54 Å². The van der Waals surface area contributed by atoms with Crippen LogP contribution in [0.3, 0.4) is 0 Å². The molecule has 1 atom stereocenters. The van der Waals surface area contributed by atoms with Crippen molar-refractivity contribution in [1.82, 2.24) is 14.5 Å². The van der Waals surface area contributed by atoms with Gasteiger partial charge in [-0.05, 0) is 37.8 Å². The molecule has 2 heterocycles. The molecular formula is C25H36N6O3. The third kappa shape index (κ3) is 5.35. The molecule has 1 aliphatic heterocycles. The van der Waals surface area contributed by atoms with Gasteiger partial charge in [0.2, 0.25) is 5.91 Å². The average molecular weight is 469 g/mol. The number of aromatic amines is 1. The Morgan fingerprint density at radius 2 is 1.91 bits per heavy atom. The third-order valence-electron chi connectivity index (χ3n) is 6.92. The number of nitrogens with zero attached hydrogens (tertiary/aromatic N) is 3. The Kier molecular flexibility index (Phi) is 7.72. The Labute approximate surface area is 199 Å². The van der Waals surface area contributed by atoms with Crippen LogP contribution in [0.4, 0.5) is 17.2 Å². The predicted molar refractivity (Wildman–Crippen MR) is 135 cm³/mol. The molecule has 0 bridgehead atoms. The second kappa shape index (κ2) is 10.9. The van der Waals surface area contributed by atoms with Crippen molar-refractivity contribution in [2.45, 2.75) is 70.5 Å². The quantitative estimate of drug-likeness (QED) is 0.520. The zero-order chi connectivity index (χ0) is 24.1. The van der Waals surface area contributed by atoms with Gasteiger partial charge in [-0.3, -0.25) is 24.0 Å². The van der Waals surface area contributed by atoms with E-state index in [-0.39, 0.29) is 36.0 Å². The van der Waals surface area contributed by atoms with Crippen LogP contribution in [0.25, 0.3) is 0 Å². The van der Waals surface area contributed by atoms with E-state index < -0.39 is 11.2 Å². The number of carbonyl (C=O) groups excluding carboxylic acids is 1. The topological polar surface area (TPSA) is 116 Å². The first-order chi connectivity index (χ1) is 16.5. The van der Waals surface area contributed by atoms with Crippen LogP contribution in [0, 0.1) is 0 Å². The van der Waals surface area contributed by atoms with E-state index in [1.807, 2.05) is 37.3 Å². The number of hydrogen-bond acceptors (Lipinski definition) is 6. The maximum atomic E-state index is 13.6. The number of rotatable bonds is 9. The van der Waals surface area contributed by atoms with Gasteiger partial charge >= 0.3 is 5.69 Å². The molecule has 1 aromatic carbocycles. The molecule has 9 nitrogen and oxygen atoms in total. The summed E-state index contributed by atoms with van der Waals surface area (Å²) in [5, 5.41) is 3.53. The molecule has 1 aromatic heterocycles. The van der Waals surface area contributed by atoms with Crippen LogP contribution in [0.2, 0.25) is 0 Å². The number of benzene rings is 1. The van der Waals surface area contributed by atoms with Gasteiger partial charge < -0.3 is 16.0 Å². The van der Waals surface area contributed by atoms with Gasteiger partial charge in [-0.1, -0.05) is 44.4 Å². The molecule has 2 aliphatic rings. The van der Waals surface area contributed by atoms with Gasteiger partial charge in [-0.15, -0.1) is 0 Å². The number of amides is 1. The van der Waals surface area contributed by atoms with Crippen molar-refractivity contribution >= 4 is 23.1 Å². The van der Waals surface area contributed by atoms with Crippen molar-refractivity contribution in [3.63, 3.8) is 0 Å². The highest BCUT2D eigenvalue weighted by Gasteiger charge is 2.34. The number of H-pyrrole nitrogens is 1. The Balaban J connectivity index is 1.54. The first kappa shape index (κ1) is 24.1. The minimum absolute atomic E-state index is 0.0751. The van der Waals surface area contributed by atoms with Gasteiger partial charge in [-0.2, -0.15) is 0 Å². The smallest absolute Gasteiger partial charge is 0.330 e. The zero-order valence-electron chi connectivity index (χ0n) is 20.0. The van der Waals surface area contributed by atoms with Gasteiger partial charge in [0.15, 0.2) is 5.69 Å². The number of aromatic nitrogens is 2. The largest absolute Gasteiger partial charge is 0.383 e. The fraction of sp³-hybridized carbons (Fsp3) is 0.560. The molecule has 184 valence electrons. The fourth-order valence-corrected chi connectivity index (χ4v) is 5.15. The molecule has 0 radical (unpaired) electrons. The van der Waals surface area contributed by atoms with Gasteiger partial charge in [0, 0.05) is 37.4 Å². The van der Waals surface area contributed by atoms with Gasteiger partial charge in [0.05, 0.1) is 6.54 Å². The van der Waals surface area contributed by atoms with Crippen LogP contribution < -0.4 is 27.2 Å². The summed E-state index contributed by atoms with van der Waals surface area (Å²) in [6.45, 7) is 4.21. The van der Waals surface area contributed by atoms with Crippen molar-refractivity contribution in [2.24, 2.45) is 0 Å². The second-order valence-corrected chi connectivity index (χ2v) is 9.43. The van der Waals surface area contributed by atoms with Crippen LogP contribution in [-0.4, -0.2) is 52.1 Å². The Bertz CT molecular complexity index is 1090. The van der Waals surface area contributed by atoms with E-state index in [2.05, 4.69) is 15.2 Å². The number of unbranched alkanes of at least 4 members (excludes halogenated alkanes) is 1. The minimum atomic E-state index is -0.583. The highest BCUT2D eigenvalue weighted by atomic mass is 16.2. The average Bonchev–Trinajstić information content (AvgIpc) is 3.49. The van der Waals surface area contributed by atoms with Crippen molar-refractivity contribution < 1.29 is 4.79 Å². The van der Waals surface area contributed by atoms with E-state index in [1.54, 1.807) is 4.90 Å². The molecule has 2 fully saturated rings. The van der Waals surface area contributed by atoms with Crippen LogP contribution in [-0.2, 0) is 11.3 Å². The maximum Gasteiger partial charge on any atom is 0.330 e. The molecule has 9 heteroatoms. The van der Waals surface area contributed by atoms with Gasteiger partial charge in [0.25, 0.3) is 5.56 Å². The lowest BCUT2D eigenvalue weighted by molar-refractivity contribution is -0.120. The first-order valence-electron chi connectivity index (χ1n) is 12.5. The molecule has 1 aliphatic carbocycles. The van der Waals surface area contributed by atoms with Gasteiger partial charge in [0.1, 0.15) is 5.82 Å². The van der Waals surface area contributed by atoms with Crippen molar-refractivity contribution in [3.05, 3.63) is 51.2 Å². The zero-order valence-corrected chi connectivity index (χ0v) is 20.0. The Hall–Kier alpha value is -3.07. The predicted octanol–water partition coefficient (Wildman–Crippen LogP) is 2.38. The maximum absolute atomic E-state index is 13.6. The van der Waals surface area contributed by atoms with Crippen LogP contribution in [0.15, 0.2) is 39.9 Å². The van der Waals surface area contributed by atoms with Crippen molar-refractivity contribution in [3.8, 4) is 0 Å². The lowest BCUT2D eigenvalue weighted by Gasteiger charge is -2.31. The number of nitrogen functional groups attached to an aromatic ring is 1. The van der Waals surface area contributed by atoms with Gasteiger partial charge in [-0.25, -0.2) is 4.79 Å². The Morgan fingerprint density at radius 3 is 2.62 bits per heavy atom. The number of para-hydroxylation sites is 1. The van der Waals surface area contributed by atoms with E-state index in [1.165, 1.54) is 4.57 Å². The lowest BCUT2D eigenvalue weighted by atomic mass is 10.2. The van der Waals surface area contributed by atoms with Crippen LogP contribution >= 0.6 is 0 Å². The van der Waals surface area contributed by atoms with E-state index in [4.69, 9.17) is 5.73 Å². The molecular weight excluding hydrogens is 432 g/mol. The van der Waals surface area contributed by atoms with E-state index >= 15 is 0 Å². The highest BCUT2D eigenvalue weighted by Crippen LogP contribution is 2.30. The monoisotopic (exact) mass is 468 g/mol. The van der Waals surface area contributed by atoms with E-state index in [9.17, 15) is 14.4 Å². The number of anilines is 3. The molecule has 1 saturated carbocycles. The summed E-state index contributed by atoms with van der Waals surface area (Å²) in [5.74, 6) is -0.0438. The fourth-order valence-electron chi connectivity index (χ4n) is 5.15. The number of nitrogens with two attached hydrogens (primary N) is 1. The second-order valence-electron chi connectivity index (χ2n) is 9.43. The SMILES string of the molecule is CCCCn1c(N)c(N(C(=O)CN2CCC(Nc3ccccc3)C2)C2CCCC2)c(=O)[nH]c1=O. The summed E-state index contributed by atoms with van der Waals surface area (Å²) in [6.07, 6.45) is 6.27. The summed E-state index contributed by atoms with van der Waals surface area (Å²) in [4.78, 5) is 45.1. The summed E-state index contributed by atoms with van der Waals surface area (Å²) in [5.41, 5.74) is 6.47. The molecule has 1 unspecified atom stereocenters. The standard InChI is InChI=1S/C25H36N6O3/c1-2-3-14-30-23(26)22(24(33)28-25(30)34)31(20-11-7-8-12-20)21(32)17-29-15-13-19(16-29)27-18-9-5-4-6-10-18/h4-6,9-10,19-20,27H,2-3,7-8,11-17,26H2,1H3,(H,28,33,34). The summed E-state index contributed by atoms with van der Waals surface area (Å²) < 4.78 is 1.39. The highest BCUT2D eigenvalue weighted by molar-refractivity contribution is 5.97. The first-order valence-corrected chi connectivity index (χ1v) is 12.5. The summed E-state index contributed by atoms with van der Waals surface area (Å²) >= 11 is 0. The number of likely N-dealkylation sites (tertiary alicyclic amines) is 1. The number of carbonyl (C=O) groups is 1. The third-order valence-corrected chi connectivity index (χ3v) is 6.92. The van der Waals surface area contributed by atoms with Crippen LogP contribution in [0.5, 0.6) is 0 Å². The lowest BCUT2D eigenvalue weighted by Crippen LogP contribution is -2.49. The van der Waals surface area contributed by atoms with E-state index in [0.717, 1.165) is 63.7 Å². The summed E-state index contributed by atoms with van der Waals surface area (Å²) in [6, 6.07) is 10.3. The molecule has 4 rings (SSSR count). The molecule has 1 saturated heterocycles. The normalized spacial score (nSPS) is 18.9. The number of hydrogen-bond donors (Lipinski definition) is 3.